The molecule has 0 rings (SSSR count). The average molecular weight is 227 g/mol. The van der Waals surface area contributed by atoms with Gasteiger partial charge in [-0.2, -0.15) is 5.26 Å². The van der Waals surface area contributed by atoms with Gasteiger partial charge in [0.1, 0.15) is 0 Å². The lowest BCUT2D eigenvalue weighted by atomic mass is 10.2. The van der Waals surface area contributed by atoms with Gasteiger partial charge in [-0.05, 0) is 20.9 Å². The maximum Gasteiger partial charge on any atom is 0.234 e. The minimum Gasteiger partial charge on any atom is -0.383 e. The van der Waals surface area contributed by atoms with E-state index in [1.807, 2.05) is 25.8 Å². The van der Waals surface area contributed by atoms with Crippen molar-refractivity contribution >= 4 is 5.91 Å². The second-order valence-corrected chi connectivity index (χ2v) is 4.05. The van der Waals surface area contributed by atoms with Gasteiger partial charge in [0.05, 0.1) is 25.6 Å². The van der Waals surface area contributed by atoms with Crippen molar-refractivity contribution in [2.45, 2.75) is 32.4 Å². The first kappa shape index (κ1) is 14.9. The molecular weight excluding hydrogens is 206 g/mol. The first-order valence-corrected chi connectivity index (χ1v) is 5.36. The monoisotopic (exact) mass is 227 g/mol. The van der Waals surface area contributed by atoms with Crippen LogP contribution in [0.15, 0.2) is 0 Å². The van der Waals surface area contributed by atoms with Crippen molar-refractivity contribution < 1.29 is 9.53 Å². The predicted octanol–water partition coefficient (Wildman–Crippen LogP) is 0.371. The van der Waals surface area contributed by atoms with Gasteiger partial charge in [0.15, 0.2) is 0 Å². The molecule has 0 radical (unpaired) electrons. The highest BCUT2D eigenvalue weighted by molar-refractivity contribution is 5.78. The molecule has 5 nitrogen and oxygen atoms in total. The van der Waals surface area contributed by atoms with Gasteiger partial charge in [-0.3, -0.25) is 9.69 Å². The van der Waals surface area contributed by atoms with Crippen LogP contribution in [0.1, 0.15) is 20.3 Å². The molecule has 2 atom stereocenters. The second-order valence-electron chi connectivity index (χ2n) is 4.05. The molecule has 0 saturated heterocycles. The van der Waals surface area contributed by atoms with Crippen molar-refractivity contribution in [3.63, 3.8) is 0 Å². The molecule has 5 heteroatoms. The average Bonchev–Trinajstić information content (AvgIpc) is 2.17. The van der Waals surface area contributed by atoms with Gasteiger partial charge >= 0.3 is 0 Å². The van der Waals surface area contributed by atoms with Gasteiger partial charge in [0.25, 0.3) is 0 Å². The van der Waals surface area contributed by atoms with E-state index in [4.69, 9.17) is 10.00 Å². The number of hydrogen-bond acceptors (Lipinski definition) is 4. The molecule has 92 valence electrons. The van der Waals surface area contributed by atoms with E-state index in [1.165, 1.54) is 0 Å². The van der Waals surface area contributed by atoms with Crippen LogP contribution in [0, 0.1) is 11.3 Å². The Bertz CT molecular complexity index is 250. The summed E-state index contributed by atoms with van der Waals surface area (Å²) in [6.45, 7) is 4.62. The summed E-state index contributed by atoms with van der Waals surface area (Å²) in [5.74, 6) is -0.0446. The summed E-state index contributed by atoms with van der Waals surface area (Å²) in [7, 11) is 3.44. The van der Waals surface area contributed by atoms with Crippen molar-refractivity contribution in [2.24, 2.45) is 0 Å². The molecule has 16 heavy (non-hydrogen) atoms. The quantitative estimate of drug-likeness (QED) is 0.682. The summed E-state index contributed by atoms with van der Waals surface area (Å²) in [6, 6.07) is 2.19. The lowest BCUT2D eigenvalue weighted by Crippen LogP contribution is -2.43. The molecule has 0 bridgehead atoms. The normalized spacial score (nSPS) is 14.2. The lowest BCUT2D eigenvalue weighted by molar-refractivity contribution is -0.123. The molecule has 0 fully saturated rings. The van der Waals surface area contributed by atoms with Crippen molar-refractivity contribution in [3.8, 4) is 6.07 Å². The fourth-order valence-corrected chi connectivity index (χ4v) is 1.28. The number of nitrogens with zero attached hydrogens (tertiary/aromatic N) is 2. The molecule has 0 aliphatic heterocycles. The Morgan fingerprint density at radius 3 is 2.69 bits per heavy atom. The van der Waals surface area contributed by atoms with Crippen LogP contribution in [0.25, 0.3) is 0 Å². The second kappa shape index (κ2) is 8.08. The number of methoxy groups -OCH3 is 1. The molecule has 0 aliphatic rings. The third-order valence-corrected chi connectivity index (χ3v) is 2.36. The van der Waals surface area contributed by atoms with Crippen molar-refractivity contribution in [2.75, 3.05) is 27.3 Å². The largest absolute Gasteiger partial charge is 0.383 e. The standard InChI is InChI=1S/C11H21N3O2/c1-9(8-16-4)13-11(15)7-14(3)10(2)5-6-12/h9-10H,5,7-8H2,1-4H3,(H,13,15). The number of nitriles is 1. The van der Waals surface area contributed by atoms with E-state index in [9.17, 15) is 4.79 Å². The Balaban J connectivity index is 3.91. The summed E-state index contributed by atoms with van der Waals surface area (Å²) in [6.07, 6.45) is 0.428. The Morgan fingerprint density at radius 1 is 1.56 bits per heavy atom. The first-order valence-electron chi connectivity index (χ1n) is 5.36. The number of nitrogens with one attached hydrogen (secondary N) is 1. The SMILES string of the molecule is COCC(C)NC(=O)CN(C)C(C)CC#N. The van der Waals surface area contributed by atoms with Gasteiger partial charge in [-0.15, -0.1) is 0 Å². The van der Waals surface area contributed by atoms with Gasteiger partial charge in [0, 0.05) is 19.2 Å². The predicted molar refractivity (Wildman–Crippen MR) is 61.8 cm³/mol. The number of ether oxygens (including phenoxy) is 1. The van der Waals surface area contributed by atoms with Gasteiger partial charge in [-0.1, -0.05) is 0 Å². The molecule has 1 N–H and O–H groups in total. The molecular formula is C11H21N3O2. The van der Waals surface area contributed by atoms with Crippen LogP contribution >= 0.6 is 0 Å². The van der Waals surface area contributed by atoms with E-state index in [2.05, 4.69) is 11.4 Å². The Hall–Kier alpha value is -1.12. The smallest absolute Gasteiger partial charge is 0.234 e. The number of carbonyl (C=O) groups excluding carboxylic acids is 1. The minimum absolute atomic E-state index is 0.0113. The molecule has 2 unspecified atom stereocenters. The fraction of sp³-hybridized carbons (Fsp3) is 0.818. The summed E-state index contributed by atoms with van der Waals surface area (Å²) < 4.78 is 4.92. The maximum absolute atomic E-state index is 11.6. The summed E-state index contributed by atoms with van der Waals surface area (Å²) in [5.41, 5.74) is 0. The molecule has 0 aromatic carbocycles. The summed E-state index contributed by atoms with van der Waals surface area (Å²) in [5, 5.41) is 11.4. The molecule has 0 aromatic heterocycles. The van der Waals surface area contributed by atoms with Crippen molar-refractivity contribution in [1.29, 1.82) is 5.26 Å². The van der Waals surface area contributed by atoms with Crippen molar-refractivity contribution in [1.82, 2.24) is 10.2 Å². The number of likely N-dealkylation sites (N-methyl/N-ethyl adjacent to an activating group) is 1. The highest BCUT2D eigenvalue weighted by Gasteiger charge is 2.14. The van der Waals surface area contributed by atoms with Crippen LogP contribution < -0.4 is 5.32 Å². The van der Waals surface area contributed by atoms with E-state index in [-0.39, 0.29) is 18.0 Å². The topological polar surface area (TPSA) is 65.4 Å². The third-order valence-electron chi connectivity index (χ3n) is 2.36. The number of rotatable bonds is 7. The van der Waals surface area contributed by atoms with Crippen LogP contribution in [0.4, 0.5) is 0 Å². The molecule has 0 aliphatic carbocycles. The Labute approximate surface area is 97.4 Å². The van der Waals surface area contributed by atoms with Crippen LogP contribution in [0.3, 0.4) is 0 Å². The molecule has 0 aromatic rings. The van der Waals surface area contributed by atoms with Crippen LogP contribution in [0.5, 0.6) is 0 Å². The van der Waals surface area contributed by atoms with Crippen molar-refractivity contribution in [3.05, 3.63) is 0 Å². The number of carbonyl (C=O) groups is 1. The molecule has 0 heterocycles. The van der Waals surface area contributed by atoms with Gasteiger partial charge in [-0.25, -0.2) is 0 Å². The minimum atomic E-state index is -0.0446. The van der Waals surface area contributed by atoms with Gasteiger partial charge in [0.2, 0.25) is 5.91 Å². The lowest BCUT2D eigenvalue weighted by Gasteiger charge is -2.22. The zero-order chi connectivity index (χ0) is 12.6. The highest BCUT2D eigenvalue weighted by atomic mass is 16.5. The summed E-state index contributed by atoms with van der Waals surface area (Å²) in [4.78, 5) is 13.4. The van der Waals surface area contributed by atoms with Crippen LogP contribution in [0.2, 0.25) is 0 Å². The highest BCUT2D eigenvalue weighted by Crippen LogP contribution is 1.99. The van der Waals surface area contributed by atoms with Crippen LogP contribution in [-0.2, 0) is 9.53 Å². The Kier molecular flexibility index (Phi) is 7.52. The zero-order valence-electron chi connectivity index (χ0n) is 10.5. The van der Waals surface area contributed by atoms with E-state index in [1.54, 1.807) is 7.11 Å². The molecule has 1 amide bonds. The van der Waals surface area contributed by atoms with Gasteiger partial charge < -0.3 is 10.1 Å². The zero-order valence-corrected chi connectivity index (χ0v) is 10.5. The molecule has 0 spiro atoms. The van der Waals surface area contributed by atoms with E-state index in [0.29, 0.717) is 19.6 Å². The first-order chi connectivity index (χ1) is 7.51. The Morgan fingerprint density at radius 2 is 2.19 bits per heavy atom. The fourth-order valence-electron chi connectivity index (χ4n) is 1.28. The van der Waals surface area contributed by atoms with E-state index in [0.717, 1.165) is 0 Å². The van der Waals surface area contributed by atoms with Crippen LogP contribution in [-0.4, -0.2) is 50.2 Å². The maximum atomic E-state index is 11.6. The third kappa shape index (κ3) is 6.38. The number of amides is 1. The van der Waals surface area contributed by atoms with E-state index >= 15 is 0 Å². The molecule has 0 saturated carbocycles. The summed E-state index contributed by atoms with van der Waals surface area (Å²) >= 11 is 0. The van der Waals surface area contributed by atoms with E-state index < -0.39 is 0 Å². The number of hydrogen-bond donors (Lipinski definition) is 1.